The van der Waals surface area contributed by atoms with Crippen molar-refractivity contribution in [2.45, 2.75) is 23.5 Å². The van der Waals surface area contributed by atoms with Crippen molar-refractivity contribution < 1.29 is 5.11 Å². The minimum atomic E-state index is -0.243. The van der Waals surface area contributed by atoms with E-state index in [4.69, 9.17) is 10.4 Å². The van der Waals surface area contributed by atoms with Crippen LogP contribution in [0.4, 0.5) is 0 Å². The van der Waals surface area contributed by atoms with Crippen molar-refractivity contribution in [3.8, 4) is 6.07 Å². The van der Waals surface area contributed by atoms with Crippen molar-refractivity contribution in [2.24, 2.45) is 0 Å². The van der Waals surface area contributed by atoms with Crippen LogP contribution in [0.3, 0.4) is 0 Å². The number of rotatable bonds is 3. The Morgan fingerprint density at radius 2 is 2.07 bits per heavy atom. The Morgan fingerprint density at radius 3 is 2.64 bits per heavy atom. The molecule has 0 saturated carbocycles. The number of aliphatic hydroxyl groups is 1. The molecule has 0 fully saturated rings. The molecular weight excluding hydrogens is 194 g/mol. The highest BCUT2D eigenvalue weighted by Gasteiger charge is 2.19. The third-order valence-corrected chi connectivity index (χ3v) is 3.03. The second kappa shape index (κ2) is 4.50. The van der Waals surface area contributed by atoms with Crippen molar-refractivity contribution >= 4 is 11.8 Å². The molecule has 0 bridgehead atoms. The third kappa shape index (κ3) is 2.76. The lowest BCUT2D eigenvalue weighted by molar-refractivity contribution is 0.265. The molecule has 3 heteroatoms. The Balaban J connectivity index is 2.92. The van der Waals surface area contributed by atoms with Gasteiger partial charge >= 0.3 is 0 Å². The summed E-state index contributed by atoms with van der Waals surface area (Å²) in [6.07, 6.45) is 0. The van der Waals surface area contributed by atoms with Crippen molar-refractivity contribution in [3.05, 3.63) is 29.8 Å². The van der Waals surface area contributed by atoms with Gasteiger partial charge < -0.3 is 5.11 Å². The zero-order valence-corrected chi connectivity index (χ0v) is 9.14. The first-order chi connectivity index (χ1) is 6.59. The van der Waals surface area contributed by atoms with E-state index in [0.717, 1.165) is 4.90 Å². The Labute approximate surface area is 88.6 Å². The number of benzene rings is 1. The van der Waals surface area contributed by atoms with E-state index in [0.29, 0.717) is 5.56 Å². The summed E-state index contributed by atoms with van der Waals surface area (Å²) < 4.78 is -0.243. The van der Waals surface area contributed by atoms with Crippen LogP contribution >= 0.6 is 11.8 Å². The molecule has 1 rings (SSSR count). The lowest BCUT2D eigenvalue weighted by Gasteiger charge is -2.21. The highest BCUT2D eigenvalue weighted by molar-refractivity contribution is 8.00. The Kier molecular flexibility index (Phi) is 3.56. The van der Waals surface area contributed by atoms with Crippen LogP contribution in [0.25, 0.3) is 0 Å². The molecule has 14 heavy (non-hydrogen) atoms. The van der Waals surface area contributed by atoms with E-state index < -0.39 is 0 Å². The van der Waals surface area contributed by atoms with Crippen LogP contribution < -0.4 is 0 Å². The second-order valence-electron chi connectivity index (χ2n) is 3.63. The quantitative estimate of drug-likeness (QED) is 0.774. The van der Waals surface area contributed by atoms with Crippen LogP contribution in [-0.4, -0.2) is 16.5 Å². The first kappa shape index (κ1) is 11.1. The van der Waals surface area contributed by atoms with Gasteiger partial charge in [-0.2, -0.15) is 5.26 Å². The molecule has 0 unspecified atom stereocenters. The van der Waals surface area contributed by atoms with Crippen molar-refractivity contribution in [3.63, 3.8) is 0 Å². The van der Waals surface area contributed by atoms with E-state index in [9.17, 15) is 0 Å². The van der Waals surface area contributed by atoms with Crippen LogP contribution in [0, 0.1) is 11.3 Å². The van der Waals surface area contributed by atoms with Gasteiger partial charge in [0.15, 0.2) is 0 Å². The summed E-state index contributed by atoms with van der Waals surface area (Å²) in [4.78, 5) is 0.925. The van der Waals surface area contributed by atoms with Gasteiger partial charge in [-0.15, -0.1) is 11.8 Å². The number of aliphatic hydroxyl groups excluding tert-OH is 1. The molecule has 0 aliphatic heterocycles. The summed E-state index contributed by atoms with van der Waals surface area (Å²) in [6, 6.07) is 9.57. The molecule has 0 heterocycles. The molecule has 0 atom stereocenters. The number of nitriles is 1. The van der Waals surface area contributed by atoms with E-state index in [1.165, 1.54) is 11.8 Å². The molecule has 0 aliphatic rings. The summed E-state index contributed by atoms with van der Waals surface area (Å²) in [5.74, 6) is 0. The average Bonchev–Trinajstić information content (AvgIpc) is 2.18. The summed E-state index contributed by atoms with van der Waals surface area (Å²) in [7, 11) is 0. The number of hydrogen-bond donors (Lipinski definition) is 1. The monoisotopic (exact) mass is 207 g/mol. The van der Waals surface area contributed by atoms with E-state index >= 15 is 0 Å². The average molecular weight is 207 g/mol. The van der Waals surface area contributed by atoms with Gasteiger partial charge in [0.1, 0.15) is 6.07 Å². The minimum Gasteiger partial charge on any atom is -0.395 e. The van der Waals surface area contributed by atoms with E-state index in [1.807, 2.05) is 32.0 Å². The molecule has 0 amide bonds. The number of hydrogen-bond acceptors (Lipinski definition) is 3. The summed E-state index contributed by atoms with van der Waals surface area (Å²) in [5.41, 5.74) is 0.666. The van der Waals surface area contributed by atoms with Gasteiger partial charge in [0.2, 0.25) is 0 Å². The van der Waals surface area contributed by atoms with Crippen molar-refractivity contribution in [1.29, 1.82) is 5.26 Å². The Hall–Kier alpha value is -0.980. The zero-order chi connectivity index (χ0) is 10.6. The first-order valence-electron chi connectivity index (χ1n) is 4.38. The highest BCUT2D eigenvalue weighted by atomic mass is 32.2. The molecule has 0 spiro atoms. The minimum absolute atomic E-state index is 0.0947. The topological polar surface area (TPSA) is 44.0 Å². The number of thioether (sulfide) groups is 1. The predicted molar refractivity (Wildman–Crippen MR) is 58.2 cm³/mol. The third-order valence-electron chi connectivity index (χ3n) is 1.77. The highest BCUT2D eigenvalue weighted by Crippen LogP contribution is 2.33. The van der Waals surface area contributed by atoms with Gasteiger partial charge in [-0.05, 0) is 26.0 Å². The van der Waals surface area contributed by atoms with Gasteiger partial charge in [0.25, 0.3) is 0 Å². The fourth-order valence-corrected chi connectivity index (χ4v) is 2.01. The maximum atomic E-state index is 9.12. The first-order valence-corrected chi connectivity index (χ1v) is 5.20. The van der Waals surface area contributed by atoms with Crippen LogP contribution in [-0.2, 0) is 0 Å². The molecule has 1 N–H and O–H groups in total. The van der Waals surface area contributed by atoms with E-state index in [2.05, 4.69) is 6.07 Å². The number of nitrogens with zero attached hydrogens (tertiary/aromatic N) is 1. The molecule has 0 aromatic heterocycles. The van der Waals surface area contributed by atoms with Gasteiger partial charge in [-0.1, -0.05) is 12.1 Å². The van der Waals surface area contributed by atoms with Gasteiger partial charge in [-0.25, -0.2) is 0 Å². The maximum Gasteiger partial charge on any atom is 0.100 e. The largest absolute Gasteiger partial charge is 0.395 e. The van der Waals surface area contributed by atoms with Crippen molar-refractivity contribution in [1.82, 2.24) is 0 Å². The van der Waals surface area contributed by atoms with Crippen LogP contribution in [0.15, 0.2) is 29.2 Å². The van der Waals surface area contributed by atoms with Gasteiger partial charge in [-0.3, -0.25) is 0 Å². The smallest absolute Gasteiger partial charge is 0.100 e. The predicted octanol–water partition coefficient (Wildman–Crippen LogP) is 2.42. The maximum absolute atomic E-state index is 9.12. The molecule has 0 aliphatic carbocycles. The second-order valence-corrected chi connectivity index (χ2v) is 5.38. The molecule has 1 aromatic rings. The fourth-order valence-electron chi connectivity index (χ4n) is 0.978. The van der Waals surface area contributed by atoms with Crippen molar-refractivity contribution in [2.75, 3.05) is 6.61 Å². The van der Waals surface area contributed by atoms with E-state index in [1.54, 1.807) is 6.07 Å². The fraction of sp³-hybridized carbons (Fsp3) is 0.364. The lowest BCUT2D eigenvalue weighted by Crippen LogP contribution is -2.19. The van der Waals surface area contributed by atoms with Crippen LogP contribution in [0.2, 0.25) is 0 Å². The summed E-state index contributed by atoms with van der Waals surface area (Å²) >= 11 is 1.52. The summed E-state index contributed by atoms with van der Waals surface area (Å²) in [5, 5.41) is 18.0. The lowest BCUT2D eigenvalue weighted by atomic mass is 10.2. The zero-order valence-electron chi connectivity index (χ0n) is 8.32. The van der Waals surface area contributed by atoms with Crippen LogP contribution in [0.1, 0.15) is 19.4 Å². The standard InChI is InChI=1S/C11H13NOS/c1-11(2,8-13)14-10-6-4-3-5-9(10)7-12/h3-6,13H,8H2,1-2H3. The molecule has 0 radical (unpaired) electrons. The molecule has 0 saturated heterocycles. The Morgan fingerprint density at radius 1 is 1.43 bits per heavy atom. The van der Waals surface area contributed by atoms with E-state index in [-0.39, 0.29) is 11.4 Å². The molecule has 74 valence electrons. The van der Waals surface area contributed by atoms with Crippen LogP contribution in [0.5, 0.6) is 0 Å². The molecular formula is C11H13NOS. The van der Waals surface area contributed by atoms with Gasteiger partial charge in [0.05, 0.1) is 12.2 Å². The Bertz CT molecular complexity index is 355. The SMILES string of the molecule is CC(C)(CO)Sc1ccccc1C#N. The van der Waals surface area contributed by atoms with Gasteiger partial charge in [0, 0.05) is 9.64 Å². The molecule has 2 nitrogen and oxygen atoms in total. The summed E-state index contributed by atoms with van der Waals surface area (Å²) in [6.45, 7) is 4.00. The molecule has 1 aromatic carbocycles. The normalized spacial score (nSPS) is 11.0.